The summed E-state index contributed by atoms with van der Waals surface area (Å²) in [4.78, 5) is 28.6. The molecular formula is C20H20F3N3O7S. The molecule has 14 heteroatoms. The summed E-state index contributed by atoms with van der Waals surface area (Å²) < 4.78 is 79.2. The highest BCUT2D eigenvalue weighted by Gasteiger charge is 2.43. The quantitative estimate of drug-likeness (QED) is 0.594. The molecule has 1 atom stereocenters. The molecule has 0 aromatic heterocycles. The van der Waals surface area contributed by atoms with Gasteiger partial charge in [0.05, 0.1) is 18.0 Å². The Balaban J connectivity index is 1.91. The Labute approximate surface area is 192 Å². The van der Waals surface area contributed by atoms with Crippen LogP contribution in [0.2, 0.25) is 0 Å². The smallest absolute Gasteiger partial charge is 0.409 e. The zero-order chi connectivity index (χ0) is 25.0. The summed E-state index contributed by atoms with van der Waals surface area (Å²) in [5.74, 6) is -0.573. The van der Waals surface area contributed by atoms with Crippen molar-refractivity contribution in [3.63, 3.8) is 0 Å². The van der Waals surface area contributed by atoms with Gasteiger partial charge in [-0.25, -0.2) is 31.2 Å². The van der Waals surface area contributed by atoms with Crippen molar-refractivity contribution < 1.29 is 45.5 Å². The molecule has 1 amide bonds. The van der Waals surface area contributed by atoms with E-state index in [1.807, 2.05) is 0 Å². The maximum atomic E-state index is 14.6. The number of benzene rings is 2. The first-order valence-corrected chi connectivity index (χ1v) is 11.3. The number of carbonyl (C=O) groups excluding carboxylic acids is 2. The predicted molar refractivity (Wildman–Crippen MR) is 109 cm³/mol. The number of carbonyl (C=O) groups is 2. The van der Waals surface area contributed by atoms with Gasteiger partial charge in [0.25, 0.3) is 0 Å². The van der Waals surface area contributed by atoms with Crippen molar-refractivity contribution in [2.45, 2.75) is 17.9 Å². The van der Waals surface area contributed by atoms with Crippen LogP contribution in [0.4, 0.5) is 18.0 Å². The van der Waals surface area contributed by atoms with Crippen molar-refractivity contribution in [1.29, 1.82) is 0 Å². The average Bonchev–Trinajstić information content (AvgIpc) is 2.81. The van der Waals surface area contributed by atoms with Gasteiger partial charge in [-0.1, -0.05) is 0 Å². The Morgan fingerprint density at radius 1 is 1.09 bits per heavy atom. The minimum Gasteiger partial charge on any atom is -0.451 e. The summed E-state index contributed by atoms with van der Waals surface area (Å²) in [6, 6.07) is 3.72. The Kier molecular flexibility index (Phi) is 7.64. The van der Waals surface area contributed by atoms with E-state index in [-0.39, 0.29) is 18.9 Å². The van der Waals surface area contributed by atoms with Gasteiger partial charge < -0.3 is 19.2 Å². The zero-order valence-electron chi connectivity index (χ0n) is 17.7. The van der Waals surface area contributed by atoms with Crippen molar-refractivity contribution in [3.05, 3.63) is 53.8 Å². The van der Waals surface area contributed by atoms with Crippen LogP contribution in [-0.2, 0) is 24.4 Å². The molecule has 2 aromatic rings. The van der Waals surface area contributed by atoms with Gasteiger partial charge in [0.2, 0.25) is 10.0 Å². The molecule has 1 aliphatic rings. The van der Waals surface area contributed by atoms with Crippen LogP contribution in [0.3, 0.4) is 0 Å². The van der Waals surface area contributed by atoms with E-state index in [0.717, 1.165) is 29.2 Å². The molecule has 2 N–H and O–H groups in total. The molecular weight excluding hydrogens is 483 g/mol. The molecule has 34 heavy (non-hydrogen) atoms. The van der Waals surface area contributed by atoms with E-state index < -0.39 is 69.3 Å². The lowest BCUT2D eigenvalue weighted by Crippen LogP contribution is -2.59. The van der Waals surface area contributed by atoms with E-state index in [0.29, 0.717) is 16.4 Å². The van der Waals surface area contributed by atoms with Crippen LogP contribution in [0.25, 0.3) is 0 Å². The number of ether oxygens (including phenoxy) is 2. The largest absolute Gasteiger partial charge is 0.451 e. The summed E-state index contributed by atoms with van der Waals surface area (Å²) in [7, 11) is -4.65. The Morgan fingerprint density at radius 3 is 2.26 bits per heavy atom. The van der Waals surface area contributed by atoms with Gasteiger partial charge in [0.15, 0.2) is 17.4 Å². The summed E-state index contributed by atoms with van der Waals surface area (Å²) >= 11 is 0. The maximum absolute atomic E-state index is 14.6. The second-order valence-corrected chi connectivity index (χ2v) is 8.88. The monoisotopic (exact) mass is 503 g/mol. The minimum atomic E-state index is -4.65. The average molecular weight is 503 g/mol. The van der Waals surface area contributed by atoms with Crippen molar-refractivity contribution in [3.8, 4) is 11.5 Å². The van der Waals surface area contributed by atoms with Gasteiger partial charge in [-0.3, -0.25) is 0 Å². The molecule has 3 rings (SSSR count). The van der Waals surface area contributed by atoms with Crippen molar-refractivity contribution in [2.75, 3.05) is 26.2 Å². The molecule has 0 unspecified atom stereocenters. The molecule has 10 nitrogen and oxygen atoms in total. The Hall–Kier alpha value is -3.36. The number of sulfonamides is 1. The lowest BCUT2D eigenvalue weighted by molar-refractivity contribution is -0.150. The van der Waals surface area contributed by atoms with Gasteiger partial charge in [-0.15, -0.1) is 0 Å². The molecule has 0 radical (unpaired) electrons. The lowest BCUT2D eigenvalue weighted by Gasteiger charge is -2.38. The van der Waals surface area contributed by atoms with E-state index in [9.17, 15) is 31.2 Å². The number of nitrogens with zero attached hydrogens (tertiary/aromatic N) is 2. The first-order chi connectivity index (χ1) is 16.1. The third-order valence-electron chi connectivity index (χ3n) is 4.86. The van der Waals surface area contributed by atoms with Crippen LogP contribution in [-0.4, -0.2) is 62.0 Å². The highest BCUT2D eigenvalue weighted by Crippen LogP contribution is 2.32. The standard InChI is InChI=1S/C20H20F3N3O7S/c1-2-31-20(28)25-7-8-26(17(11-25)19(27)33-24)34(29,30)14-9-15(22)18(16(23)10-14)32-13-5-3-12(21)4-6-13/h3-6,9-10,17H,2,7-8,11,24H2,1H3/t17-/m1/s1. The third-order valence-corrected chi connectivity index (χ3v) is 6.74. The molecule has 184 valence electrons. The predicted octanol–water partition coefficient (Wildman–Crippen LogP) is 2.14. The molecule has 2 aromatic carbocycles. The maximum Gasteiger partial charge on any atom is 0.409 e. The molecule has 1 fully saturated rings. The van der Waals surface area contributed by atoms with E-state index in [2.05, 4.69) is 4.84 Å². The van der Waals surface area contributed by atoms with Crippen LogP contribution >= 0.6 is 0 Å². The molecule has 0 spiro atoms. The summed E-state index contributed by atoms with van der Waals surface area (Å²) in [5, 5.41) is 0. The molecule has 0 bridgehead atoms. The molecule has 1 aliphatic heterocycles. The van der Waals surface area contributed by atoms with Crippen molar-refractivity contribution >= 4 is 22.1 Å². The van der Waals surface area contributed by atoms with Gasteiger partial charge in [0.1, 0.15) is 17.6 Å². The zero-order valence-corrected chi connectivity index (χ0v) is 18.6. The van der Waals surface area contributed by atoms with Gasteiger partial charge in [-0.2, -0.15) is 10.2 Å². The number of rotatable bonds is 6. The first-order valence-electron chi connectivity index (χ1n) is 9.85. The number of halogens is 3. The Morgan fingerprint density at radius 2 is 1.71 bits per heavy atom. The van der Waals surface area contributed by atoms with Crippen LogP contribution in [0.1, 0.15) is 6.92 Å². The van der Waals surface area contributed by atoms with Gasteiger partial charge >= 0.3 is 12.1 Å². The topological polar surface area (TPSA) is 128 Å². The minimum absolute atomic E-state index is 0.0498. The van der Waals surface area contributed by atoms with Crippen molar-refractivity contribution in [2.24, 2.45) is 5.90 Å². The third kappa shape index (κ3) is 5.24. The molecule has 0 aliphatic carbocycles. The van der Waals surface area contributed by atoms with Crippen LogP contribution in [0, 0.1) is 17.5 Å². The number of nitrogens with two attached hydrogens (primary N) is 1. The molecule has 0 saturated carbocycles. The van der Waals surface area contributed by atoms with E-state index in [4.69, 9.17) is 15.4 Å². The van der Waals surface area contributed by atoms with Gasteiger partial charge in [0, 0.05) is 13.1 Å². The highest BCUT2D eigenvalue weighted by atomic mass is 32.2. The fourth-order valence-electron chi connectivity index (χ4n) is 3.24. The van der Waals surface area contributed by atoms with E-state index in [1.165, 1.54) is 0 Å². The Bertz CT molecular complexity index is 1160. The lowest BCUT2D eigenvalue weighted by atomic mass is 10.2. The summed E-state index contributed by atoms with van der Waals surface area (Å²) in [5.41, 5.74) is 0. The second-order valence-electron chi connectivity index (χ2n) is 6.99. The SMILES string of the molecule is CCOC(=O)N1CCN(S(=O)(=O)c2cc(F)c(Oc3ccc(F)cc3)c(F)c2)[C@@H](C(=O)ON)C1. The number of amides is 1. The fourth-order valence-corrected chi connectivity index (χ4v) is 4.83. The van der Waals surface area contributed by atoms with Crippen LogP contribution < -0.4 is 10.6 Å². The number of hydrogen-bond donors (Lipinski definition) is 1. The normalized spacial score (nSPS) is 16.7. The first kappa shape index (κ1) is 25.3. The van der Waals surface area contributed by atoms with Crippen LogP contribution in [0.15, 0.2) is 41.3 Å². The van der Waals surface area contributed by atoms with Crippen molar-refractivity contribution in [1.82, 2.24) is 9.21 Å². The highest BCUT2D eigenvalue weighted by molar-refractivity contribution is 7.89. The molecule has 1 heterocycles. The van der Waals surface area contributed by atoms with E-state index >= 15 is 0 Å². The summed E-state index contributed by atoms with van der Waals surface area (Å²) in [6.45, 7) is 0.594. The fraction of sp³-hybridized carbons (Fsp3) is 0.300. The second kappa shape index (κ2) is 10.3. The van der Waals surface area contributed by atoms with E-state index in [1.54, 1.807) is 6.92 Å². The van der Waals surface area contributed by atoms with Gasteiger partial charge in [-0.05, 0) is 43.3 Å². The number of piperazine rings is 1. The number of hydrogen-bond acceptors (Lipinski definition) is 8. The summed E-state index contributed by atoms with van der Waals surface area (Å²) in [6.07, 6.45) is -0.784. The molecule has 1 saturated heterocycles. The van der Waals surface area contributed by atoms with Crippen LogP contribution in [0.5, 0.6) is 11.5 Å².